The standard InChI is InChI=1S/C17H18N4O5/c22-10-18-9-15(24)21-7-3-5-12(21)16(25)19-8-13(23)17-20-11-4-1-2-6-14(11)26-17/h1-2,4,6,10,12H,3,5,7-9H2,(H,18,22)(H,19,25). The van der Waals surface area contributed by atoms with Crippen LogP contribution in [0.25, 0.3) is 11.1 Å². The van der Waals surface area contributed by atoms with Crippen LogP contribution in [-0.2, 0) is 14.4 Å². The lowest BCUT2D eigenvalue weighted by Crippen LogP contribution is -2.49. The molecule has 1 aliphatic rings. The number of hydrogen-bond acceptors (Lipinski definition) is 6. The second-order valence-corrected chi connectivity index (χ2v) is 5.87. The number of carbonyl (C=O) groups excluding carboxylic acids is 4. The molecule has 0 aliphatic carbocycles. The van der Waals surface area contributed by atoms with Crippen molar-refractivity contribution in [3.8, 4) is 0 Å². The molecule has 9 nitrogen and oxygen atoms in total. The average Bonchev–Trinajstić information content (AvgIpc) is 3.30. The molecule has 1 fully saturated rings. The third-order valence-corrected chi connectivity index (χ3v) is 4.17. The summed E-state index contributed by atoms with van der Waals surface area (Å²) in [6.07, 6.45) is 1.63. The van der Waals surface area contributed by atoms with Crippen LogP contribution in [0.5, 0.6) is 0 Å². The number of benzene rings is 1. The Bertz CT molecular complexity index is 814. The van der Waals surface area contributed by atoms with E-state index in [2.05, 4.69) is 15.6 Å². The smallest absolute Gasteiger partial charge is 0.266 e. The fraction of sp³-hybridized carbons (Fsp3) is 0.353. The van der Waals surface area contributed by atoms with Crippen LogP contribution in [-0.4, -0.2) is 59.6 Å². The number of aromatic nitrogens is 1. The van der Waals surface area contributed by atoms with Crippen molar-refractivity contribution < 1.29 is 23.6 Å². The topological polar surface area (TPSA) is 122 Å². The SMILES string of the molecule is O=CNCC(=O)N1CCCC1C(=O)NCC(=O)c1nc2ccccc2o1. The number of carbonyl (C=O) groups is 4. The van der Waals surface area contributed by atoms with Gasteiger partial charge in [0, 0.05) is 6.54 Å². The molecule has 0 bridgehead atoms. The number of Topliss-reactive ketones (excluding diaryl/α,β-unsaturated/α-hetero) is 1. The minimum atomic E-state index is -0.646. The van der Waals surface area contributed by atoms with Gasteiger partial charge < -0.3 is 20.0 Å². The summed E-state index contributed by atoms with van der Waals surface area (Å²) in [7, 11) is 0. The first-order chi connectivity index (χ1) is 12.6. The Morgan fingerprint density at radius 2 is 2.08 bits per heavy atom. The average molecular weight is 358 g/mol. The predicted molar refractivity (Wildman–Crippen MR) is 90.2 cm³/mol. The molecular weight excluding hydrogens is 340 g/mol. The fourth-order valence-corrected chi connectivity index (χ4v) is 2.92. The molecule has 26 heavy (non-hydrogen) atoms. The molecule has 9 heteroatoms. The van der Waals surface area contributed by atoms with E-state index in [1.165, 1.54) is 4.90 Å². The van der Waals surface area contributed by atoms with Crippen LogP contribution in [0.3, 0.4) is 0 Å². The highest BCUT2D eigenvalue weighted by atomic mass is 16.4. The number of rotatable bonds is 7. The highest BCUT2D eigenvalue weighted by Gasteiger charge is 2.34. The second kappa shape index (κ2) is 7.77. The Morgan fingerprint density at radius 3 is 2.85 bits per heavy atom. The molecule has 2 heterocycles. The quantitative estimate of drug-likeness (QED) is 0.525. The van der Waals surface area contributed by atoms with Crippen molar-refractivity contribution >= 4 is 35.1 Å². The molecule has 1 saturated heterocycles. The van der Waals surface area contributed by atoms with Gasteiger partial charge >= 0.3 is 0 Å². The molecule has 1 unspecified atom stereocenters. The minimum Gasteiger partial charge on any atom is -0.434 e. The van der Waals surface area contributed by atoms with Gasteiger partial charge in [0.15, 0.2) is 5.58 Å². The van der Waals surface area contributed by atoms with E-state index in [4.69, 9.17) is 4.42 Å². The number of hydrogen-bond donors (Lipinski definition) is 2. The largest absolute Gasteiger partial charge is 0.434 e. The zero-order chi connectivity index (χ0) is 18.5. The van der Waals surface area contributed by atoms with Crippen molar-refractivity contribution in [2.45, 2.75) is 18.9 Å². The zero-order valence-corrected chi connectivity index (χ0v) is 13.9. The van der Waals surface area contributed by atoms with E-state index >= 15 is 0 Å². The van der Waals surface area contributed by atoms with Gasteiger partial charge in [-0.15, -0.1) is 0 Å². The van der Waals surface area contributed by atoms with Crippen molar-refractivity contribution in [2.75, 3.05) is 19.6 Å². The van der Waals surface area contributed by atoms with E-state index in [-0.39, 0.29) is 24.9 Å². The number of amides is 3. The lowest BCUT2D eigenvalue weighted by atomic mass is 10.2. The number of nitrogens with zero attached hydrogens (tertiary/aromatic N) is 2. The van der Waals surface area contributed by atoms with Crippen molar-refractivity contribution in [2.24, 2.45) is 0 Å². The van der Waals surface area contributed by atoms with E-state index in [9.17, 15) is 19.2 Å². The van der Waals surface area contributed by atoms with Gasteiger partial charge in [-0.25, -0.2) is 4.98 Å². The molecule has 1 aliphatic heterocycles. The maximum absolute atomic E-state index is 12.3. The predicted octanol–water partition coefficient (Wildman–Crippen LogP) is -0.136. The monoisotopic (exact) mass is 358 g/mol. The van der Waals surface area contributed by atoms with Gasteiger partial charge in [0.1, 0.15) is 11.6 Å². The van der Waals surface area contributed by atoms with Crippen LogP contribution < -0.4 is 10.6 Å². The summed E-state index contributed by atoms with van der Waals surface area (Å²) in [5.74, 6) is -1.26. The molecule has 2 aromatic rings. The molecule has 1 aromatic carbocycles. The van der Waals surface area contributed by atoms with E-state index in [0.717, 1.165) is 0 Å². The number of para-hydroxylation sites is 2. The number of likely N-dealkylation sites (tertiary alicyclic amines) is 1. The van der Waals surface area contributed by atoms with Crippen LogP contribution in [0.4, 0.5) is 0 Å². The number of ketones is 1. The molecule has 0 spiro atoms. The van der Waals surface area contributed by atoms with Gasteiger partial charge in [-0.3, -0.25) is 19.2 Å². The van der Waals surface area contributed by atoms with Crippen LogP contribution in [0, 0.1) is 0 Å². The number of fused-ring (bicyclic) bond motifs is 1. The van der Waals surface area contributed by atoms with Crippen LogP contribution >= 0.6 is 0 Å². The highest BCUT2D eigenvalue weighted by Crippen LogP contribution is 2.18. The summed E-state index contributed by atoms with van der Waals surface area (Å²) in [5.41, 5.74) is 1.06. The lowest BCUT2D eigenvalue weighted by Gasteiger charge is -2.23. The van der Waals surface area contributed by atoms with Crippen LogP contribution in [0.15, 0.2) is 28.7 Å². The number of nitrogens with one attached hydrogen (secondary N) is 2. The van der Waals surface area contributed by atoms with Crippen molar-refractivity contribution in [3.05, 3.63) is 30.2 Å². The Kier molecular flexibility index (Phi) is 5.26. The van der Waals surface area contributed by atoms with Gasteiger partial charge in [-0.1, -0.05) is 12.1 Å². The zero-order valence-electron chi connectivity index (χ0n) is 13.9. The van der Waals surface area contributed by atoms with Gasteiger partial charge in [0.25, 0.3) is 5.89 Å². The van der Waals surface area contributed by atoms with E-state index in [1.807, 2.05) is 0 Å². The molecule has 3 rings (SSSR count). The Labute approximate surface area is 148 Å². The normalized spacial score (nSPS) is 16.5. The third-order valence-electron chi connectivity index (χ3n) is 4.17. The summed E-state index contributed by atoms with van der Waals surface area (Å²) >= 11 is 0. The Balaban J connectivity index is 1.58. The van der Waals surface area contributed by atoms with Gasteiger partial charge in [-0.05, 0) is 25.0 Å². The van der Waals surface area contributed by atoms with E-state index in [1.54, 1.807) is 24.3 Å². The fourth-order valence-electron chi connectivity index (χ4n) is 2.92. The first kappa shape index (κ1) is 17.6. The maximum atomic E-state index is 12.3. The van der Waals surface area contributed by atoms with Crippen LogP contribution in [0.2, 0.25) is 0 Å². The molecule has 0 radical (unpaired) electrons. The van der Waals surface area contributed by atoms with Crippen molar-refractivity contribution in [1.29, 1.82) is 0 Å². The molecule has 1 atom stereocenters. The molecule has 1 aromatic heterocycles. The first-order valence-electron chi connectivity index (χ1n) is 8.23. The van der Waals surface area contributed by atoms with Gasteiger partial charge in [-0.2, -0.15) is 0 Å². The summed E-state index contributed by atoms with van der Waals surface area (Å²) < 4.78 is 5.37. The van der Waals surface area contributed by atoms with Crippen LogP contribution in [0.1, 0.15) is 23.5 Å². The Morgan fingerprint density at radius 1 is 1.27 bits per heavy atom. The van der Waals surface area contributed by atoms with E-state index < -0.39 is 17.7 Å². The van der Waals surface area contributed by atoms with Crippen molar-refractivity contribution in [3.63, 3.8) is 0 Å². The molecule has 136 valence electrons. The minimum absolute atomic E-state index is 0.0685. The van der Waals surface area contributed by atoms with Crippen molar-refractivity contribution in [1.82, 2.24) is 20.5 Å². The summed E-state index contributed by atoms with van der Waals surface area (Å²) in [4.78, 5) is 52.4. The summed E-state index contributed by atoms with van der Waals surface area (Å²) in [5, 5.41) is 4.83. The Hall–Kier alpha value is -3.23. The molecule has 2 N–H and O–H groups in total. The third kappa shape index (κ3) is 3.71. The van der Waals surface area contributed by atoms with Gasteiger partial charge in [0.2, 0.25) is 24.0 Å². The first-order valence-corrected chi connectivity index (χ1v) is 8.23. The second-order valence-electron chi connectivity index (χ2n) is 5.87. The maximum Gasteiger partial charge on any atom is 0.266 e. The molecular formula is C17H18N4O5. The lowest BCUT2D eigenvalue weighted by molar-refractivity contribution is -0.138. The summed E-state index contributed by atoms with van der Waals surface area (Å²) in [6.45, 7) is 0.0163. The number of oxazole rings is 1. The van der Waals surface area contributed by atoms with E-state index in [0.29, 0.717) is 36.9 Å². The highest BCUT2D eigenvalue weighted by molar-refractivity contribution is 5.98. The molecule has 3 amide bonds. The van der Waals surface area contributed by atoms with Gasteiger partial charge in [0.05, 0.1) is 13.1 Å². The summed E-state index contributed by atoms with van der Waals surface area (Å²) in [6, 6.07) is 6.34. The molecule has 0 saturated carbocycles.